The van der Waals surface area contributed by atoms with Crippen molar-refractivity contribution in [1.82, 2.24) is 0 Å². The van der Waals surface area contributed by atoms with E-state index in [0.717, 1.165) is 0 Å². The highest BCUT2D eigenvalue weighted by atomic mass is 35.5. The SMILES string of the molecule is CC(=O)C1(C)Cc2c(Cl)cccc2C(=O)O1. The summed E-state index contributed by atoms with van der Waals surface area (Å²) < 4.78 is 5.17. The lowest BCUT2D eigenvalue weighted by atomic mass is 9.87. The number of halogens is 1. The molecule has 0 spiro atoms. The predicted octanol–water partition coefficient (Wildman–Crippen LogP) is 2.40. The lowest BCUT2D eigenvalue weighted by molar-refractivity contribution is -0.135. The van der Waals surface area contributed by atoms with Crippen molar-refractivity contribution in [2.24, 2.45) is 0 Å². The number of carbonyl (C=O) groups is 2. The van der Waals surface area contributed by atoms with Gasteiger partial charge in [0.05, 0.1) is 5.56 Å². The second-order valence-corrected chi connectivity index (χ2v) is 4.53. The number of rotatable bonds is 1. The first-order chi connectivity index (χ1) is 7.44. The van der Waals surface area contributed by atoms with E-state index in [-0.39, 0.29) is 5.78 Å². The van der Waals surface area contributed by atoms with Crippen molar-refractivity contribution in [3.05, 3.63) is 34.3 Å². The monoisotopic (exact) mass is 238 g/mol. The zero-order valence-electron chi connectivity index (χ0n) is 9.04. The van der Waals surface area contributed by atoms with Gasteiger partial charge in [0.2, 0.25) is 0 Å². The number of ketones is 1. The minimum atomic E-state index is -1.09. The van der Waals surface area contributed by atoms with Crippen LogP contribution in [0.4, 0.5) is 0 Å². The molecule has 0 fully saturated rings. The van der Waals surface area contributed by atoms with Crippen molar-refractivity contribution < 1.29 is 14.3 Å². The fourth-order valence-corrected chi connectivity index (χ4v) is 2.00. The number of Topliss-reactive ketones (excluding diaryl/α,β-unsaturated/α-hetero) is 1. The number of cyclic esters (lactones) is 1. The summed E-state index contributed by atoms with van der Waals surface area (Å²) >= 11 is 6.02. The highest BCUT2D eigenvalue weighted by Gasteiger charge is 2.40. The third-order valence-corrected chi connectivity index (χ3v) is 3.27. The molecular weight excluding hydrogens is 228 g/mol. The van der Waals surface area contributed by atoms with Gasteiger partial charge in [0.25, 0.3) is 0 Å². The Morgan fingerprint density at radius 2 is 2.19 bits per heavy atom. The first-order valence-corrected chi connectivity index (χ1v) is 5.33. The molecule has 1 atom stereocenters. The van der Waals surface area contributed by atoms with Crippen LogP contribution in [0.15, 0.2) is 18.2 Å². The maximum absolute atomic E-state index is 11.7. The molecule has 0 amide bonds. The summed E-state index contributed by atoms with van der Waals surface area (Å²) in [4.78, 5) is 23.2. The average molecular weight is 239 g/mol. The molecule has 0 aromatic heterocycles. The van der Waals surface area contributed by atoms with E-state index in [1.807, 2.05) is 0 Å². The van der Waals surface area contributed by atoms with Crippen LogP contribution in [0, 0.1) is 0 Å². The highest BCUT2D eigenvalue weighted by molar-refractivity contribution is 6.32. The Kier molecular flexibility index (Phi) is 2.50. The van der Waals surface area contributed by atoms with Crippen LogP contribution < -0.4 is 0 Å². The van der Waals surface area contributed by atoms with Gasteiger partial charge < -0.3 is 4.74 Å². The van der Waals surface area contributed by atoms with Crippen molar-refractivity contribution in [2.45, 2.75) is 25.9 Å². The Hall–Kier alpha value is -1.35. The van der Waals surface area contributed by atoms with Gasteiger partial charge in [0, 0.05) is 11.4 Å². The molecule has 4 heteroatoms. The summed E-state index contributed by atoms with van der Waals surface area (Å²) in [5.74, 6) is -0.659. The van der Waals surface area contributed by atoms with Crippen LogP contribution in [0.5, 0.6) is 0 Å². The first-order valence-electron chi connectivity index (χ1n) is 4.96. The normalized spacial score (nSPS) is 23.6. The number of fused-ring (bicyclic) bond motifs is 1. The van der Waals surface area contributed by atoms with Crippen LogP contribution in [0.25, 0.3) is 0 Å². The zero-order chi connectivity index (χ0) is 11.9. The van der Waals surface area contributed by atoms with E-state index in [1.54, 1.807) is 25.1 Å². The number of benzene rings is 1. The van der Waals surface area contributed by atoms with Crippen LogP contribution >= 0.6 is 11.6 Å². The molecule has 1 aliphatic rings. The molecule has 0 saturated heterocycles. The number of ether oxygens (including phenoxy) is 1. The molecule has 2 rings (SSSR count). The molecule has 1 aromatic carbocycles. The molecular formula is C12H11ClO3. The lowest BCUT2D eigenvalue weighted by Crippen LogP contribution is -2.44. The maximum Gasteiger partial charge on any atom is 0.339 e. The molecule has 16 heavy (non-hydrogen) atoms. The van der Waals surface area contributed by atoms with Gasteiger partial charge in [-0.25, -0.2) is 4.79 Å². The molecule has 84 valence electrons. The Balaban J connectivity index is 2.54. The molecule has 0 N–H and O–H groups in total. The largest absolute Gasteiger partial charge is 0.447 e. The van der Waals surface area contributed by atoms with Crippen molar-refractivity contribution in [3.63, 3.8) is 0 Å². The Labute approximate surface area is 98.4 Å². The third kappa shape index (κ3) is 1.61. The molecule has 1 unspecified atom stereocenters. The van der Waals surface area contributed by atoms with Crippen LogP contribution in [-0.2, 0) is 16.0 Å². The van der Waals surface area contributed by atoms with E-state index in [0.29, 0.717) is 22.6 Å². The van der Waals surface area contributed by atoms with E-state index in [9.17, 15) is 9.59 Å². The van der Waals surface area contributed by atoms with Gasteiger partial charge in [-0.3, -0.25) is 4.79 Å². The second-order valence-electron chi connectivity index (χ2n) is 4.12. The van der Waals surface area contributed by atoms with Crippen LogP contribution in [0.1, 0.15) is 29.8 Å². The lowest BCUT2D eigenvalue weighted by Gasteiger charge is -2.32. The number of hydrogen-bond donors (Lipinski definition) is 0. The number of carbonyl (C=O) groups excluding carboxylic acids is 2. The van der Waals surface area contributed by atoms with Crippen molar-refractivity contribution in [1.29, 1.82) is 0 Å². The van der Waals surface area contributed by atoms with E-state index in [1.165, 1.54) is 6.92 Å². The van der Waals surface area contributed by atoms with Crippen molar-refractivity contribution in [3.8, 4) is 0 Å². The quantitative estimate of drug-likeness (QED) is 0.706. The maximum atomic E-state index is 11.7. The van der Waals surface area contributed by atoms with Crippen molar-refractivity contribution in [2.75, 3.05) is 0 Å². The van der Waals surface area contributed by atoms with Crippen LogP contribution in [-0.4, -0.2) is 17.4 Å². The zero-order valence-corrected chi connectivity index (χ0v) is 9.80. The number of hydrogen-bond acceptors (Lipinski definition) is 3. The molecule has 1 aliphatic heterocycles. The minimum absolute atomic E-state index is 0.175. The average Bonchev–Trinajstić information content (AvgIpc) is 2.19. The van der Waals surface area contributed by atoms with Gasteiger partial charge in [-0.1, -0.05) is 17.7 Å². The molecule has 1 aromatic rings. The fourth-order valence-electron chi connectivity index (χ4n) is 1.76. The minimum Gasteiger partial charge on any atom is -0.447 e. The molecule has 0 aliphatic carbocycles. The van der Waals surface area contributed by atoms with Gasteiger partial charge in [-0.05, 0) is 31.5 Å². The molecule has 1 heterocycles. The summed E-state index contributed by atoms with van der Waals surface area (Å²) in [6, 6.07) is 5.06. The molecule has 0 bridgehead atoms. The smallest absolute Gasteiger partial charge is 0.339 e. The third-order valence-electron chi connectivity index (χ3n) is 2.92. The summed E-state index contributed by atoms with van der Waals surface area (Å²) in [7, 11) is 0. The summed E-state index contributed by atoms with van der Waals surface area (Å²) in [6.07, 6.45) is 0.336. The summed E-state index contributed by atoms with van der Waals surface area (Å²) in [5.41, 5.74) is 0.0547. The van der Waals surface area contributed by atoms with Crippen LogP contribution in [0.2, 0.25) is 5.02 Å². The Bertz CT molecular complexity index is 481. The summed E-state index contributed by atoms with van der Waals surface area (Å²) in [6.45, 7) is 3.02. The Morgan fingerprint density at radius 1 is 1.50 bits per heavy atom. The first kappa shape index (κ1) is 11.1. The van der Waals surface area contributed by atoms with Crippen LogP contribution in [0.3, 0.4) is 0 Å². The standard InChI is InChI=1S/C12H11ClO3/c1-7(14)12(2)6-9-8(11(15)16-12)4-3-5-10(9)13/h3-5H,6H2,1-2H3. The summed E-state index contributed by atoms with van der Waals surface area (Å²) in [5, 5.41) is 0.502. The van der Waals surface area contributed by atoms with E-state index >= 15 is 0 Å². The molecule has 0 saturated carbocycles. The van der Waals surface area contributed by atoms with Gasteiger partial charge >= 0.3 is 5.97 Å². The second kappa shape index (κ2) is 3.59. The molecule has 3 nitrogen and oxygen atoms in total. The van der Waals surface area contributed by atoms with Gasteiger partial charge in [0.15, 0.2) is 11.4 Å². The van der Waals surface area contributed by atoms with Gasteiger partial charge in [-0.15, -0.1) is 0 Å². The van der Waals surface area contributed by atoms with E-state index < -0.39 is 11.6 Å². The van der Waals surface area contributed by atoms with Crippen molar-refractivity contribution >= 4 is 23.4 Å². The predicted molar refractivity (Wildman–Crippen MR) is 59.7 cm³/mol. The Morgan fingerprint density at radius 3 is 2.81 bits per heavy atom. The topological polar surface area (TPSA) is 43.4 Å². The van der Waals surface area contributed by atoms with Gasteiger partial charge in [-0.2, -0.15) is 0 Å². The fraction of sp³-hybridized carbons (Fsp3) is 0.333. The van der Waals surface area contributed by atoms with Gasteiger partial charge in [0.1, 0.15) is 0 Å². The van der Waals surface area contributed by atoms with E-state index in [4.69, 9.17) is 16.3 Å². The number of esters is 1. The highest BCUT2D eigenvalue weighted by Crippen LogP contribution is 2.32. The van der Waals surface area contributed by atoms with E-state index in [2.05, 4.69) is 0 Å². The molecule has 0 radical (unpaired) electrons.